The fourth-order valence-corrected chi connectivity index (χ4v) is 2.33. The molecule has 1 aromatic rings. The Hall–Kier alpha value is -1.88. The van der Waals surface area contributed by atoms with Crippen LogP contribution in [0.15, 0.2) is 18.2 Å². The van der Waals surface area contributed by atoms with Gasteiger partial charge in [0, 0.05) is 25.4 Å². The van der Waals surface area contributed by atoms with Crippen LogP contribution in [0.25, 0.3) is 0 Å². The maximum atomic E-state index is 11.6. The zero-order chi connectivity index (χ0) is 14.7. The Balaban J connectivity index is 2.29. The lowest BCUT2D eigenvalue weighted by atomic mass is 10.1. The van der Waals surface area contributed by atoms with Gasteiger partial charge in [-0.15, -0.1) is 0 Å². The molecule has 2 rings (SSSR count). The van der Waals surface area contributed by atoms with E-state index >= 15 is 0 Å². The van der Waals surface area contributed by atoms with E-state index in [1.807, 2.05) is 12.1 Å². The predicted octanol–water partition coefficient (Wildman–Crippen LogP) is 2.07. The van der Waals surface area contributed by atoms with Crippen LogP contribution in [0.3, 0.4) is 0 Å². The van der Waals surface area contributed by atoms with E-state index in [-0.39, 0.29) is 0 Å². The van der Waals surface area contributed by atoms with E-state index in [1.165, 1.54) is 0 Å². The molecule has 0 aliphatic carbocycles. The van der Waals surface area contributed by atoms with Crippen molar-refractivity contribution in [3.8, 4) is 0 Å². The number of hydrogen-bond acceptors (Lipinski definition) is 4. The Morgan fingerprint density at radius 3 is 2.75 bits per heavy atom. The number of methoxy groups -OCH3 is 1. The molecule has 0 spiro atoms. The molecule has 1 heterocycles. The van der Waals surface area contributed by atoms with E-state index in [1.54, 1.807) is 13.2 Å². The van der Waals surface area contributed by atoms with Crippen molar-refractivity contribution in [3.05, 3.63) is 23.8 Å². The molecule has 0 bridgehead atoms. The highest BCUT2D eigenvalue weighted by Crippen LogP contribution is 2.29. The zero-order valence-corrected chi connectivity index (χ0v) is 12.1. The first-order chi connectivity index (χ1) is 9.58. The van der Waals surface area contributed by atoms with Crippen molar-refractivity contribution in [1.82, 2.24) is 0 Å². The summed E-state index contributed by atoms with van der Waals surface area (Å²) in [4.78, 5) is 25.2. The third-order valence-electron chi connectivity index (χ3n) is 3.69. The van der Waals surface area contributed by atoms with Crippen LogP contribution >= 0.6 is 0 Å². The summed E-state index contributed by atoms with van der Waals surface area (Å²) in [6.07, 6.45) is 1.01. The van der Waals surface area contributed by atoms with Gasteiger partial charge in [0.05, 0.1) is 17.9 Å². The largest absolute Gasteiger partial charge is 0.383 e. The SMILES string of the molecule is CCC(C)N(CCOC)c1ccc2c(c1)NC(=O)C2=O. The van der Waals surface area contributed by atoms with Crippen molar-refractivity contribution in [1.29, 1.82) is 0 Å². The third-order valence-corrected chi connectivity index (χ3v) is 3.69. The molecule has 1 aliphatic heterocycles. The van der Waals surface area contributed by atoms with Crippen LogP contribution in [0.5, 0.6) is 0 Å². The second-order valence-corrected chi connectivity index (χ2v) is 4.96. The van der Waals surface area contributed by atoms with Crippen LogP contribution in [0.1, 0.15) is 30.6 Å². The van der Waals surface area contributed by atoms with Gasteiger partial charge in [0.1, 0.15) is 0 Å². The van der Waals surface area contributed by atoms with Crippen LogP contribution in [-0.4, -0.2) is 38.0 Å². The van der Waals surface area contributed by atoms with Crippen molar-refractivity contribution < 1.29 is 14.3 Å². The normalized spacial score (nSPS) is 14.9. The minimum Gasteiger partial charge on any atom is -0.383 e. The summed E-state index contributed by atoms with van der Waals surface area (Å²) >= 11 is 0. The van der Waals surface area contributed by atoms with E-state index in [9.17, 15) is 9.59 Å². The number of rotatable bonds is 6. The standard InChI is InChI=1S/C15H20N2O3/c1-4-10(2)17(7-8-20-3)11-5-6-12-13(9-11)16-15(19)14(12)18/h5-6,9-10H,4,7-8H2,1-3H3,(H,16,18,19). The van der Waals surface area contributed by atoms with Gasteiger partial charge in [-0.05, 0) is 31.5 Å². The molecule has 0 saturated carbocycles. The highest BCUT2D eigenvalue weighted by atomic mass is 16.5. The van der Waals surface area contributed by atoms with Crippen molar-refractivity contribution in [2.45, 2.75) is 26.3 Å². The number of ether oxygens (including phenoxy) is 1. The van der Waals surface area contributed by atoms with Crippen LogP contribution in [0, 0.1) is 0 Å². The lowest BCUT2D eigenvalue weighted by molar-refractivity contribution is -0.112. The fraction of sp³-hybridized carbons (Fsp3) is 0.467. The average molecular weight is 276 g/mol. The van der Waals surface area contributed by atoms with Crippen molar-refractivity contribution in [2.24, 2.45) is 0 Å². The number of ketones is 1. The summed E-state index contributed by atoms with van der Waals surface area (Å²) in [7, 11) is 1.68. The van der Waals surface area contributed by atoms with Crippen molar-refractivity contribution in [2.75, 3.05) is 30.5 Å². The molecule has 0 aromatic heterocycles. The molecule has 1 amide bonds. The van der Waals surface area contributed by atoms with Crippen LogP contribution in [0.2, 0.25) is 0 Å². The summed E-state index contributed by atoms with van der Waals surface area (Å²) in [6, 6.07) is 5.82. The van der Waals surface area contributed by atoms with Gasteiger partial charge < -0.3 is 15.0 Å². The lowest BCUT2D eigenvalue weighted by Gasteiger charge is -2.31. The van der Waals surface area contributed by atoms with E-state index in [0.717, 1.165) is 18.7 Å². The fourth-order valence-electron chi connectivity index (χ4n) is 2.33. The minimum atomic E-state index is -0.552. The summed E-state index contributed by atoms with van der Waals surface area (Å²) in [5.41, 5.74) is 2.04. The smallest absolute Gasteiger partial charge is 0.296 e. The maximum Gasteiger partial charge on any atom is 0.296 e. The number of Topliss-reactive ketones (excluding diaryl/α,β-unsaturated/α-hetero) is 1. The molecular weight excluding hydrogens is 256 g/mol. The molecule has 1 atom stereocenters. The van der Waals surface area contributed by atoms with Crippen molar-refractivity contribution >= 4 is 23.1 Å². The topological polar surface area (TPSA) is 58.6 Å². The second-order valence-electron chi connectivity index (χ2n) is 4.96. The Morgan fingerprint density at radius 1 is 1.35 bits per heavy atom. The van der Waals surface area contributed by atoms with Gasteiger partial charge in [-0.25, -0.2) is 0 Å². The van der Waals surface area contributed by atoms with Crippen LogP contribution in [-0.2, 0) is 9.53 Å². The Bertz CT molecular complexity index is 528. The molecule has 1 N–H and O–H groups in total. The average Bonchev–Trinajstić information content (AvgIpc) is 2.74. The highest BCUT2D eigenvalue weighted by Gasteiger charge is 2.28. The predicted molar refractivity (Wildman–Crippen MR) is 78.4 cm³/mol. The van der Waals surface area contributed by atoms with Gasteiger partial charge in [0.25, 0.3) is 11.7 Å². The van der Waals surface area contributed by atoms with Gasteiger partial charge in [0.15, 0.2) is 0 Å². The van der Waals surface area contributed by atoms with E-state index in [0.29, 0.717) is 23.9 Å². The monoisotopic (exact) mass is 276 g/mol. The Labute approximate surface area is 118 Å². The van der Waals surface area contributed by atoms with Crippen molar-refractivity contribution in [3.63, 3.8) is 0 Å². The minimum absolute atomic E-state index is 0.357. The lowest BCUT2D eigenvalue weighted by Crippen LogP contribution is -2.35. The molecule has 1 aromatic carbocycles. The zero-order valence-electron chi connectivity index (χ0n) is 12.1. The molecule has 1 unspecified atom stereocenters. The Kier molecular flexibility index (Phi) is 4.39. The molecule has 0 fully saturated rings. The summed E-state index contributed by atoms with van der Waals surface area (Å²) in [5, 5.41) is 2.61. The summed E-state index contributed by atoms with van der Waals surface area (Å²) in [5.74, 6) is -1.01. The number of anilines is 2. The van der Waals surface area contributed by atoms with Crippen LogP contribution in [0.4, 0.5) is 11.4 Å². The quantitative estimate of drug-likeness (QED) is 0.808. The van der Waals surface area contributed by atoms with E-state index < -0.39 is 11.7 Å². The van der Waals surface area contributed by atoms with Gasteiger partial charge in [-0.1, -0.05) is 6.92 Å². The number of amides is 1. The number of fused-ring (bicyclic) bond motifs is 1. The van der Waals surface area contributed by atoms with E-state index in [4.69, 9.17) is 4.74 Å². The maximum absolute atomic E-state index is 11.6. The first-order valence-corrected chi connectivity index (χ1v) is 6.83. The molecule has 5 nitrogen and oxygen atoms in total. The van der Waals surface area contributed by atoms with Gasteiger partial charge in [0.2, 0.25) is 0 Å². The van der Waals surface area contributed by atoms with Gasteiger partial charge in [-0.3, -0.25) is 9.59 Å². The molecule has 0 saturated heterocycles. The molecule has 0 radical (unpaired) electrons. The number of hydrogen-bond donors (Lipinski definition) is 1. The first-order valence-electron chi connectivity index (χ1n) is 6.83. The first kappa shape index (κ1) is 14.5. The molecule has 1 aliphatic rings. The number of carbonyl (C=O) groups is 2. The second kappa shape index (κ2) is 6.05. The Morgan fingerprint density at radius 2 is 2.10 bits per heavy atom. The number of nitrogens with zero attached hydrogens (tertiary/aromatic N) is 1. The number of nitrogens with one attached hydrogen (secondary N) is 1. The van der Waals surface area contributed by atoms with Crippen LogP contribution < -0.4 is 10.2 Å². The van der Waals surface area contributed by atoms with Gasteiger partial charge in [-0.2, -0.15) is 0 Å². The highest BCUT2D eigenvalue weighted by molar-refractivity contribution is 6.51. The molecular formula is C15H20N2O3. The number of carbonyl (C=O) groups excluding carboxylic acids is 2. The molecule has 5 heteroatoms. The van der Waals surface area contributed by atoms with E-state index in [2.05, 4.69) is 24.1 Å². The summed E-state index contributed by atoms with van der Waals surface area (Å²) < 4.78 is 5.15. The van der Waals surface area contributed by atoms with Gasteiger partial charge >= 0.3 is 0 Å². The molecule has 108 valence electrons. The third kappa shape index (κ3) is 2.67. The number of benzene rings is 1. The molecule has 20 heavy (non-hydrogen) atoms. The summed E-state index contributed by atoms with van der Waals surface area (Å²) in [6.45, 7) is 5.68.